The molecule has 15 heavy (non-hydrogen) atoms. The molecule has 0 aliphatic carbocycles. The van der Waals surface area contributed by atoms with Crippen molar-refractivity contribution < 1.29 is 17.6 Å². The van der Waals surface area contributed by atoms with Crippen LogP contribution in [0.4, 0.5) is 13.2 Å². The van der Waals surface area contributed by atoms with Gasteiger partial charge in [0, 0.05) is 5.02 Å². The van der Waals surface area contributed by atoms with Crippen molar-refractivity contribution >= 4 is 34.9 Å². The second kappa shape index (κ2) is 3.24. The molecule has 1 N–H and O–H groups in total. The number of H-pyrrole nitrogens is 1. The Labute approximate surface area is 91.7 Å². The van der Waals surface area contributed by atoms with E-state index in [9.17, 15) is 13.2 Å². The Morgan fingerprint density at radius 1 is 1.33 bits per heavy atom. The number of oxazole rings is 1. The van der Waals surface area contributed by atoms with Crippen molar-refractivity contribution in [2.45, 2.75) is 6.18 Å². The number of nitrogens with one attached hydrogen (secondary N) is 1. The van der Waals surface area contributed by atoms with Crippen LogP contribution in [0.1, 0.15) is 5.56 Å². The second-order valence-electron chi connectivity index (χ2n) is 2.84. The van der Waals surface area contributed by atoms with E-state index >= 15 is 0 Å². The number of hydrogen-bond acceptors (Lipinski definition) is 2. The molecule has 0 amide bonds. The van der Waals surface area contributed by atoms with Crippen LogP contribution in [0.2, 0.25) is 5.02 Å². The van der Waals surface area contributed by atoms with Gasteiger partial charge in [0.05, 0.1) is 5.52 Å². The Morgan fingerprint density at radius 2 is 2.00 bits per heavy atom. The van der Waals surface area contributed by atoms with Gasteiger partial charge in [0.1, 0.15) is 5.56 Å². The summed E-state index contributed by atoms with van der Waals surface area (Å²) in [4.78, 5) is 2.36. The first-order chi connectivity index (χ1) is 6.88. The molecule has 0 unspecified atom stereocenters. The fraction of sp³-hybridized carbons (Fsp3) is 0.125. The van der Waals surface area contributed by atoms with Gasteiger partial charge in [-0.25, -0.2) is 0 Å². The molecular formula is C8H3ClF3NOS. The van der Waals surface area contributed by atoms with Crippen LogP contribution in [-0.4, -0.2) is 4.98 Å². The lowest BCUT2D eigenvalue weighted by Gasteiger charge is -2.06. The molecule has 2 nitrogen and oxygen atoms in total. The van der Waals surface area contributed by atoms with E-state index in [-0.39, 0.29) is 21.0 Å². The summed E-state index contributed by atoms with van der Waals surface area (Å²) in [5.74, 6) is 0. The highest BCUT2D eigenvalue weighted by Crippen LogP contribution is 2.36. The highest BCUT2D eigenvalue weighted by Gasteiger charge is 2.34. The molecule has 2 aromatic rings. The summed E-state index contributed by atoms with van der Waals surface area (Å²) in [6, 6.07) is 2.13. The molecule has 0 fully saturated rings. The van der Waals surface area contributed by atoms with Crippen LogP contribution in [0.5, 0.6) is 0 Å². The predicted molar refractivity (Wildman–Crippen MR) is 51.4 cm³/mol. The van der Waals surface area contributed by atoms with Gasteiger partial charge < -0.3 is 9.40 Å². The molecular weight excluding hydrogens is 251 g/mol. The van der Waals surface area contributed by atoms with E-state index in [4.69, 9.17) is 16.0 Å². The van der Waals surface area contributed by atoms with Crippen molar-refractivity contribution in [3.05, 3.63) is 27.6 Å². The molecule has 0 saturated heterocycles. The summed E-state index contributed by atoms with van der Waals surface area (Å²) in [7, 11) is 0. The molecule has 0 aliphatic rings. The largest absolute Gasteiger partial charge is 0.429 e. The third kappa shape index (κ3) is 1.87. The van der Waals surface area contributed by atoms with Gasteiger partial charge in [0.15, 0.2) is 5.58 Å². The first kappa shape index (κ1) is 10.5. The third-order valence-corrected chi connectivity index (χ3v) is 2.19. The lowest BCUT2D eigenvalue weighted by atomic mass is 10.2. The van der Waals surface area contributed by atoms with E-state index in [1.807, 2.05) is 0 Å². The molecule has 0 radical (unpaired) electrons. The van der Waals surface area contributed by atoms with Gasteiger partial charge in [-0.3, -0.25) is 0 Å². The van der Waals surface area contributed by atoms with E-state index in [0.29, 0.717) is 0 Å². The molecule has 0 spiro atoms. The summed E-state index contributed by atoms with van der Waals surface area (Å²) < 4.78 is 42.4. The smallest absolute Gasteiger partial charge is 0.420 e. The van der Waals surface area contributed by atoms with Gasteiger partial charge in [-0.15, -0.1) is 0 Å². The number of hydrogen-bond donors (Lipinski definition) is 1. The Morgan fingerprint density at radius 3 is 2.60 bits per heavy atom. The molecule has 0 saturated carbocycles. The minimum atomic E-state index is -4.52. The SMILES string of the molecule is FC(F)(F)c1cc(Cl)cc2[nH]c(=S)oc12. The molecule has 2 rings (SSSR count). The monoisotopic (exact) mass is 253 g/mol. The zero-order valence-corrected chi connectivity index (χ0v) is 8.56. The lowest BCUT2D eigenvalue weighted by molar-refractivity contribution is -0.136. The zero-order valence-electron chi connectivity index (χ0n) is 6.98. The molecule has 7 heteroatoms. The van der Waals surface area contributed by atoms with E-state index < -0.39 is 11.7 Å². The van der Waals surface area contributed by atoms with Gasteiger partial charge in [-0.05, 0) is 24.4 Å². The van der Waals surface area contributed by atoms with Gasteiger partial charge >= 0.3 is 6.18 Å². The van der Waals surface area contributed by atoms with Crippen molar-refractivity contribution in [3.8, 4) is 0 Å². The summed E-state index contributed by atoms with van der Waals surface area (Å²) in [5.41, 5.74) is -1.12. The number of aromatic nitrogens is 1. The Kier molecular flexibility index (Phi) is 2.27. The van der Waals surface area contributed by atoms with E-state index in [1.54, 1.807) is 0 Å². The lowest BCUT2D eigenvalue weighted by Crippen LogP contribution is -2.05. The highest BCUT2D eigenvalue weighted by molar-refractivity contribution is 7.71. The molecule has 1 aromatic heterocycles. The Bertz CT molecular complexity index is 571. The average Bonchev–Trinajstić information content (AvgIpc) is 2.41. The maximum Gasteiger partial charge on any atom is 0.420 e. The summed E-state index contributed by atoms with van der Waals surface area (Å²) >= 11 is 10.1. The molecule has 0 bridgehead atoms. The van der Waals surface area contributed by atoms with Crippen LogP contribution in [0.25, 0.3) is 11.1 Å². The van der Waals surface area contributed by atoms with Crippen molar-refractivity contribution in [2.24, 2.45) is 0 Å². The van der Waals surface area contributed by atoms with Gasteiger partial charge in [0.25, 0.3) is 4.84 Å². The first-order valence-corrected chi connectivity index (χ1v) is 4.56. The quantitative estimate of drug-likeness (QED) is 0.714. The van der Waals surface area contributed by atoms with Crippen molar-refractivity contribution in [1.29, 1.82) is 0 Å². The van der Waals surface area contributed by atoms with Crippen molar-refractivity contribution in [3.63, 3.8) is 0 Å². The predicted octanol–water partition coefficient (Wildman–Crippen LogP) is 4.16. The van der Waals surface area contributed by atoms with E-state index in [2.05, 4.69) is 17.2 Å². The van der Waals surface area contributed by atoms with Crippen LogP contribution in [0.3, 0.4) is 0 Å². The van der Waals surface area contributed by atoms with E-state index in [1.165, 1.54) is 6.07 Å². The number of halogens is 4. The zero-order chi connectivity index (χ0) is 11.2. The third-order valence-electron chi connectivity index (χ3n) is 1.79. The second-order valence-corrected chi connectivity index (χ2v) is 3.65. The van der Waals surface area contributed by atoms with Crippen molar-refractivity contribution in [1.82, 2.24) is 4.98 Å². The van der Waals surface area contributed by atoms with Crippen LogP contribution in [-0.2, 0) is 6.18 Å². The molecule has 80 valence electrons. The van der Waals surface area contributed by atoms with Crippen LogP contribution in [0.15, 0.2) is 16.5 Å². The number of fused-ring (bicyclic) bond motifs is 1. The minimum absolute atomic E-state index is 0.0260. The summed E-state index contributed by atoms with van der Waals surface area (Å²) in [6.07, 6.45) is -4.52. The Balaban J connectivity index is 2.88. The van der Waals surface area contributed by atoms with Gasteiger partial charge in [0.2, 0.25) is 0 Å². The number of aromatic amines is 1. The normalized spacial score (nSPS) is 12.3. The molecule has 0 atom stereocenters. The summed E-state index contributed by atoms with van der Waals surface area (Å²) in [6.45, 7) is 0. The molecule has 1 aromatic carbocycles. The fourth-order valence-electron chi connectivity index (χ4n) is 1.24. The van der Waals surface area contributed by atoms with Gasteiger partial charge in [-0.2, -0.15) is 13.2 Å². The number of alkyl halides is 3. The molecule has 1 heterocycles. The maximum absolute atomic E-state index is 12.5. The Hall–Kier alpha value is -1.01. The van der Waals surface area contributed by atoms with Gasteiger partial charge in [-0.1, -0.05) is 11.6 Å². The average molecular weight is 254 g/mol. The fourth-order valence-corrected chi connectivity index (χ4v) is 1.65. The minimum Gasteiger partial charge on any atom is -0.429 e. The first-order valence-electron chi connectivity index (χ1n) is 3.77. The summed E-state index contributed by atoms with van der Waals surface area (Å²) in [5, 5.41) is -0.0260. The highest BCUT2D eigenvalue weighted by atomic mass is 35.5. The number of benzene rings is 1. The van der Waals surface area contributed by atoms with Crippen molar-refractivity contribution in [2.75, 3.05) is 0 Å². The maximum atomic E-state index is 12.5. The number of rotatable bonds is 0. The molecule has 0 aliphatic heterocycles. The van der Waals surface area contributed by atoms with Crippen LogP contribution >= 0.6 is 23.8 Å². The van der Waals surface area contributed by atoms with Crippen LogP contribution < -0.4 is 0 Å². The topological polar surface area (TPSA) is 28.9 Å². The van der Waals surface area contributed by atoms with E-state index in [0.717, 1.165) is 6.07 Å². The standard InChI is InChI=1S/C8H3ClF3NOS/c9-3-1-4(8(10,11)12)6-5(2-3)13-7(15)14-6/h1-2H,(H,13,15). The van der Waals surface area contributed by atoms with Crippen LogP contribution in [0, 0.1) is 4.84 Å².